The Hall–Kier alpha value is -1.28. The summed E-state index contributed by atoms with van der Waals surface area (Å²) in [6.45, 7) is 0.268. The van der Waals surface area contributed by atoms with Crippen molar-refractivity contribution in [3.05, 3.63) is 6.08 Å². The number of amides is 1. The Morgan fingerprint density at radius 2 is 2.44 bits per heavy atom. The van der Waals surface area contributed by atoms with Gasteiger partial charge in [-0.1, -0.05) is 0 Å². The van der Waals surface area contributed by atoms with E-state index in [2.05, 4.69) is 5.32 Å². The van der Waals surface area contributed by atoms with Crippen molar-refractivity contribution >= 4 is 12.0 Å². The highest BCUT2D eigenvalue weighted by Crippen LogP contribution is 1.72. The van der Waals surface area contributed by atoms with Crippen LogP contribution in [0.25, 0.3) is 0 Å². The zero-order chi connectivity index (χ0) is 7.11. The Morgan fingerprint density at radius 1 is 1.78 bits per heavy atom. The van der Waals surface area contributed by atoms with Gasteiger partial charge in [-0.3, -0.25) is 0 Å². The third kappa shape index (κ3) is 6.72. The molecule has 0 radical (unpaired) electrons. The summed E-state index contributed by atoms with van der Waals surface area (Å²) in [6.07, 6.45) is 0.556. The summed E-state index contributed by atoms with van der Waals surface area (Å²) < 4.78 is 0. The summed E-state index contributed by atoms with van der Waals surface area (Å²) in [7, 11) is 0. The fourth-order valence-electron chi connectivity index (χ4n) is 0.310. The maximum Gasteiger partial charge on any atom is 0.404 e. The smallest absolute Gasteiger partial charge is 0.404 e. The molecule has 0 aromatic carbocycles. The average molecular weight is 129 g/mol. The third-order valence-electron chi connectivity index (χ3n) is 0.648. The van der Waals surface area contributed by atoms with E-state index in [1.54, 1.807) is 0 Å². The molecule has 50 valence electrons. The zero-order valence-corrected chi connectivity index (χ0v) is 4.76. The third-order valence-corrected chi connectivity index (χ3v) is 0.648. The number of rotatable bonds is 3. The lowest BCUT2D eigenvalue weighted by Gasteiger charge is -1.92. The van der Waals surface area contributed by atoms with Crippen LogP contribution >= 0.6 is 0 Å². The van der Waals surface area contributed by atoms with Gasteiger partial charge in [0.05, 0.1) is 0 Å². The van der Waals surface area contributed by atoms with Crippen molar-refractivity contribution in [3.8, 4) is 0 Å². The minimum absolute atomic E-state index is 0.268. The lowest BCUT2D eigenvalue weighted by atomic mass is 10.4. The SMILES string of the molecule is O=C=CCCNC(=O)O. The second-order valence-electron chi connectivity index (χ2n) is 1.34. The van der Waals surface area contributed by atoms with Gasteiger partial charge in [-0.25, -0.2) is 9.59 Å². The van der Waals surface area contributed by atoms with Crippen LogP contribution in [-0.4, -0.2) is 23.7 Å². The molecule has 2 N–H and O–H groups in total. The average Bonchev–Trinajstić information content (AvgIpc) is 1.80. The quantitative estimate of drug-likeness (QED) is 0.417. The summed E-state index contributed by atoms with van der Waals surface area (Å²) in [4.78, 5) is 19.2. The van der Waals surface area contributed by atoms with Crippen molar-refractivity contribution in [1.29, 1.82) is 0 Å². The summed E-state index contributed by atoms with van der Waals surface area (Å²) in [5.74, 6) is 1.53. The van der Waals surface area contributed by atoms with E-state index in [-0.39, 0.29) is 6.54 Å². The van der Waals surface area contributed by atoms with E-state index in [1.165, 1.54) is 12.0 Å². The van der Waals surface area contributed by atoms with Crippen LogP contribution in [0.15, 0.2) is 6.08 Å². The normalized spacial score (nSPS) is 7.56. The van der Waals surface area contributed by atoms with Crippen LogP contribution in [0.1, 0.15) is 6.42 Å². The lowest BCUT2D eigenvalue weighted by Crippen LogP contribution is -2.21. The van der Waals surface area contributed by atoms with Crippen molar-refractivity contribution in [2.24, 2.45) is 0 Å². The minimum Gasteiger partial charge on any atom is -0.465 e. The molecule has 0 spiro atoms. The highest BCUT2D eigenvalue weighted by atomic mass is 16.4. The van der Waals surface area contributed by atoms with Gasteiger partial charge in [-0.2, -0.15) is 0 Å². The molecule has 0 saturated heterocycles. The van der Waals surface area contributed by atoms with E-state index < -0.39 is 6.09 Å². The second kappa shape index (κ2) is 4.87. The van der Waals surface area contributed by atoms with Crippen LogP contribution in [0.2, 0.25) is 0 Å². The Morgan fingerprint density at radius 3 is 2.89 bits per heavy atom. The van der Waals surface area contributed by atoms with Crippen molar-refractivity contribution in [3.63, 3.8) is 0 Å². The van der Waals surface area contributed by atoms with E-state index in [0.29, 0.717) is 6.42 Å². The van der Waals surface area contributed by atoms with E-state index >= 15 is 0 Å². The fourth-order valence-corrected chi connectivity index (χ4v) is 0.310. The van der Waals surface area contributed by atoms with Crippen LogP contribution in [0.4, 0.5) is 4.79 Å². The first kappa shape index (κ1) is 7.72. The Labute approximate surface area is 52.2 Å². The molecule has 4 nitrogen and oxygen atoms in total. The molecule has 0 heterocycles. The monoisotopic (exact) mass is 129 g/mol. The molecule has 0 unspecified atom stereocenters. The van der Waals surface area contributed by atoms with Crippen LogP contribution < -0.4 is 5.32 Å². The summed E-state index contributed by atoms with van der Waals surface area (Å²) in [5, 5.41) is 10.1. The van der Waals surface area contributed by atoms with Gasteiger partial charge < -0.3 is 10.4 Å². The molecular weight excluding hydrogens is 122 g/mol. The molecule has 0 bridgehead atoms. The molecule has 0 aliphatic heterocycles. The molecule has 9 heavy (non-hydrogen) atoms. The first-order chi connectivity index (χ1) is 4.27. The van der Waals surface area contributed by atoms with E-state index in [1.807, 2.05) is 0 Å². The van der Waals surface area contributed by atoms with Gasteiger partial charge in [0.1, 0.15) is 5.94 Å². The Bertz CT molecular complexity index is 135. The van der Waals surface area contributed by atoms with Crippen molar-refractivity contribution < 1.29 is 14.7 Å². The largest absolute Gasteiger partial charge is 0.465 e. The number of nitrogens with one attached hydrogen (secondary N) is 1. The molecule has 4 heteroatoms. The van der Waals surface area contributed by atoms with E-state index in [0.717, 1.165) is 0 Å². The van der Waals surface area contributed by atoms with Gasteiger partial charge >= 0.3 is 6.09 Å². The second-order valence-corrected chi connectivity index (χ2v) is 1.34. The fraction of sp³-hybridized carbons (Fsp3) is 0.400. The van der Waals surface area contributed by atoms with E-state index in [4.69, 9.17) is 5.11 Å². The molecule has 0 rings (SSSR count). The van der Waals surface area contributed by atoms with Crippen LogP contribution in [0.5, 0.6) is 0 Å². The summed E-state index contributed by atoms with van der Waals surface area (Å²) in [5.41, 5.74) is 0. The summed E-state index contributed by atoms with van der Waals surface area (Å²) in [6, 6.07) is 0. The first-order valence-electron chi connectivity index (χ1n) is 2.43. The molecule has 0 aromatic rings. The number of carbonyl (C=O) groups excluding carboxylic acids is 1. The van der Waals surface area contributed by atoms with Crippen LogP contribution in [0, 0.1) is 0 Å². The highest BCUT2D eigenvalue weighted by molar-refractivity contribution is 5.64. The van der Waals surface area contributed by atoms with Crippen LogP contribution in [-0.2, 0) is 4.79 Å². The van der Waals surface area contributed by atoms with Gasteiger partial charge in [0.15, 0.2) is 0 Å². The maximum atomic E-state index is 9.74. The van der Waals surface area contributed by atoms with Gasteiger partial charge in [-0.05, 0) is 6.42 Å². The van der Waals surface area contributed by atoms with Crippen LogP contribution in [0.3, 0.4) is 0 Å². The number of hydrogen-bond donors (Lipinski definition) is 2. The molecule has 0 aromatic heterocycles. The van der Waals surface area contributed by atoms with Gasteiger partial charge in [0.25, 0.3) is 0 Å². The molecule has 1 amide bonds. The van der Waals surface area contributed by atoms with E-state index in [9.17, 15) is 9.59 Å². The molecule has 0 aliphatic carbocycles. The predicted octanol–water partition coefficient (Wildman–Crippen LogP) is 0.0319. The minimum atomic E-state index is -1.07. The molecular formula is C5H7NO3. The maximum absolute atomic E-state index is 9.74. The zero-order valence-electron chi connectivity index (χ0n) is 4.76. The topological polar surface area (TPSA) is 66.4 Å². The van der Waals surface area contributed by atoms with Crippen molar-refractivity contribution in [2.45, 2.75) is 6.42 Å². The highest BCUT2D eigenvalue weighted by Gasteiger charge is 1.88. The molecule has 0 aliphatic rings. The number of carboxylic acid groups (broad SMARTS) is 1. The standard InChI is InChI=1S/C5H7NO3/c7-4-2-1-3-6-5(8)9/h2,6H,1,3H2,(H,8,9). The predicted molar refractivity (Wildman–Crippen MR) is 30.9 cm³/mol. The van der Waals surface area contributed by atoms with Gasteiger partial charge in [-0.15, -0.1) is 0 Å². The molecule has 0 saturated carbocycles. The lowest BCUT2D eigenvalue weighted by molar-refractivity contribution is 0.194. The number of hydrogen-bond acceptors (Lipinski definition) is 2. The van der Waals surface area contributed by atoms with Crippen molar-refractivity contribution in [2.75, 3.05) is 6.54 Å². The Kier molecular flexibility index (Phi) is 4.18. The summed E-state index contributed by atoms with van der Waals surface area (Å²) >= 11 is 0. The Balaban J connectivity index is 3.10. The molecule has 0 fully saturated rings. The van der Waals surface area contributed by atoms with Gasteiger partial charge in [0.2, 0.25) is 0 Å². The first-order valence-corrected chi connectivity index (χ1v) is 2.43. The number of carbonyl (C=O) groups is 1. The molecule has 0 atom stereocenters. The van der Waals surface area contributed by atoms with Crippen molar-refractivity contribution in [1.82, 2.24) is 5.32 Å². The van der Waals surface area contributed by atoms with Gasteiger partial charge in [0, 0.05) is 12.6 Å².